The lowest BCUT2D eigenvalue weighted by Gasteiger charge is -2.18. The van der Waals surface area contributed by atoms with Gasteiger partial charge in [-0.15, -0.1) is 0 Å². The van der Waals surface area contributed by atoms with Crippen LogP contribution in [0.25, 0.3) is 11.3 Å². The van der Waals surface area contributed by atoms with Gasteiger partial charge in [-0.05, 0) is 24.9 Å². The molecule has 1 aromatic carbocycles. The Bertz CT molecular complexity index is 692. The zero-order valence-corrected chi connectivity index (χ0v) is 13.5. The van der Waals surface area contributed by atoms with Crippen LogP contribution in [0, 0.1) is 5.92 Å². The van der Waals surface area contributed by atoms with Crippen molar-refractivity contribution in [3.05, 3.63) is 34.4 Å². The number of hydrogen-bond donors (Lipinski definition) is 2. The number of nitrogens with two attached hydrogens (primary N) is 2. The van der Waals surface area contributed by atoms with Crippen molar-refractivity contribution >= 4 is 34.8 Å². The third-order valence-corrected chi connectivity index (χ3v) is 4.76. The molecule has 1 fully saturated rings. The third-order valence-electron chi connectivity index (χ3n) is 3.94. The number of anilines is 2. The maximum Gasteiger partial charge on any atom is 0.152 e. The van der Waals surface area contributed by atoms with Crippen molar-refractivity contribution in [3.8, 4) is 11.3 Å². The molecule has 1 atom stereocenters. The number of benzene rings is 1. The second-order valence-electron chi connectivity index (χ2n) is 5.40. The predicted octanol–water partition coefficient (Wildman–Crippen LogP) is 2.82. The largest absolute Gasteiger partial charge is 0.382 e. The highest BCUT2D eigenvalue weighted by Gasteiger charge is 2.23. The first-order chi connectivity index (χ1) is 10.6. The number of hydrogen-bond acceptors (Lipinski definition) is 5. The molecule has 0 amide bonds. The summed E-state index contributed by atoms with van der Waals surface area (Å²) in [4.78, 5) is 11.1. The minimum Gasteiger partial charge on any atom is -0.382 e. The van der Waals surface area contributed by atoms with Crippen molar-refractivity contribution in [1.82, 2.24) is 9.97 Å². The lowest BCUT2D eigenvalue weighted by atomic mass is 10.1. The molecular formula is C15H17Cl2N5. The van der Waals surface area contributed by atoms with Gasteiger partial charge in [-0.1, -0.05) is 35.3 Å². The maximum atomic E-state index is 6.22. The molecular weight excluding hydrogens is 321 g/mol. The monoisotopic (exact) mass is 337 g/mol. The molecule has 116 valence electrons. The van der Waals surface area contributed by atoms with Gasteiger partial charge in [-0.3, -0.25) is 0 Å². The molecule has 1 aromatic heterocycles. The Kier molecular flexibility index (Phi) is 4.38. The molecule has 1 saturated heterocycles. The minimum atomic E-state index is 0.345. The summed E-state index contributed by atoms with van der Waals surface area (Å²) in [5.74, 6) is 1.62. The van der Waals surface area contributed by atoms with Crippen LogP contribution in [0.15, 0.2) is 24.4 Å². The minimum absolute atomic E-state index is 0.345. The van der Waals surface area contributed by atoms with Gasteiger partial charge in [0.2, 0.25) is 0 Å². The SMILES string of the molecule is NCC1CCN(c2cnc(-c3cccc(Cl)c3Cl)c(N)n2)C1. The average molecular weight is 338 g/mol. The molecule has 1 aliphatic rings. The molecule has 2 aromatic rings. The van der Waals surface area contributed by atoms with Gasteiger partial charge in [0.25, 0.3) is 0 Å². The van der Waals surface area contributed by atoms with Crippen LogP contribution in [0.3, 0.4) is 0 Å². The molecule has 3 rings (SSSR count). The molecule has 7 heteroatoms. The van der Waals surface area contributed by atoms with Crippen LogP contribution in [0.2, 0.25) is 10.0 Å². The Hall–Kier alpha value is -1.56. The van der Waals surface area contributed by atoms with E-state index in [2.05, 4.69) is 14.9 Å². The van der Waals surface area contributed by atoms with Crippen molar-refractivity contribution in [1.29, 1.82) is 0 Å². The van der Waals surface area contributed by atoms with E-state index >= 15 is 0 Å². The van der Waals surface area contributed by atoms with Gasteiger partial charge in [0, 0.05) is 18.7 Å². The molecule has 1 unspecified atom stereocenters. The van der Waals surface area contributed by atoms with E-state index in [0.29, 0.717) is 39.6 Å². The topological polar surface area (TPSA) is 81.1 Å². The van der Waals surface area contributed by atoms with Crippen molar-refractivity contribution in [2.75, 3.05) is 30.3 Å². The molecule has 0 radical (unpaired) electrons. The summed E-state index contributed by atoms with van der Waals surface area (Å²) in [6.07, 6.45) is 2.79. The normalized spacial score (nSPS) is 18.0. The zero-order chi connectivity index (χ0) is 15.7. The van der Waals surface area contributed by atoms with Crippen molar-refractivity contribution < 1.29 is 0 Å². The van der Waals surface area contributed by atoms with Crippen LogP contribution >= 0.6 is 23.2 Å². The van der Waals surface area contributed by atoms with Crippen molar-refractivity contribution in [2.45, 2.75) is 6.42 Å². The molecule has 1 aliphatic heterocycles. The second-order valence-corrected chi connectivity index (χ2v) is 6.19. The third kappa shape index (κ3) is 2.84. The van der Waals surface area contributed by atoms with E-state index in [1.165, 1.54) is 0 Å². The summed E-state index contributed by atoms with van der Waals surface area (Å²) in [6, 6.07) is 5.36. The average Bonchev–Trinajstić information content (AvgIpc) is 2.99. The summed E-state index contributed by atoms with van der Waals surface area (Å²) in [6.45, 7) is 2.50. The van der Waals surface area contributed by atoms with Gasteiger partial charge in [-0.25, -0.2) is 9.97 Å². The van der Waals surface area contributed by atoms with Crippen molar-refractivity contribution in [2.24, 2.45) is 11.7 Å². The van der Waals surface area contributed by atoms with Gasteiger partial charge in [0.15, 0.2) is 5.82 Å². The van der Waals surface area contributed by atoms with Gasteiger partial charge >= 0.3 is 0 Å². The van der Waals surface area contributed by atoms with Crippen LogP contribution in [-0.4, -0.2) is 29.6 Å². The fraction of sp³-hybridized carbons (Fsp3) is 0.333. The Morgan fingerprint density at radius 2 is 2.14 bits per heavy atom. The first-order valence-electron chi connectivity index (χ1n) is 7.12. The van der Waals surface area contributed by atoms with Crippen LogP contribution in [0.4, 0.5) is 11.6 Å². The number of aromatic nitrogens is 2. The van der Waals surface area contributed by atoms with E-state index in [0.717, 1.165) is 25.3 Å². The number of nitrogen functional groups attached to an aromatic ring is 1. The van der Waals surface area contributed by atoms with Gasteiger partial charge < -0.3 is 16.4 Å². The van der Waals surface area contributed by atoms with Gasteiger partial charge in [0.05, 0.1) is 16.2 Å². The predicted molar refractivity (Wildman–Crippen MR) is 91.3 cm³/mol. The van der Waals surface area contributed by atoms with E-state index in [4.69, 9.17) is 34.7 Å². The fourth-order valence-corrected chi connectivity index (χ4v) is 3.06. The quantitative estimate of drug-likeness (QED) is 0.899. The highest BCUT2D eigenvalue weighted by Crippen LogP contribution is 2.35. The second kappa shape index (κ2) is 6.28. The Balaban J connectivity index is 1.91. The molecule has 22 heavy (non-hydrogen) atoms. The van der Waals surface area contributed by atoms with E-state index in [-0.39, 0.29) is 0 Å². The number of halogens is 2. The van der Waals surface area contributed by atoms with Crippen LogP contribution in [0.1, 0.15) is 6.42 Å². The van der Waals surface area contributed by atoms with E-state index in [1.54, 1.807) is 12.3 Å². The highest BCUT2D eigenvalue weighted by molar-refractivity contribution is 6.43. The van der Waals surface area contributed by atoms with Crippen LogP contribution in [0.5, 0.6) is 0 Å². The Morgan fingerprint density at radius 1 is 1.32 bits per heavy atom. The Labute approximate surface area is 139 Å². The molecule has 2 heterocycles. The van der Waals surface area contributed by atoms with E-state index in [1.807, 2.05) is 12.1 Å². The highest BCUT2D eigenvalue weighted by atomic mass is 35.5. The zero-order valence-electron chi connectivity index (χ0n) is 12.0. The maximum absolute atomic E-state index is 6.22. The van der Waals surface area contributed by atoms with E-state index < -0.39 is 0 Å². The van der Waals surface area contributed by atoms with Gasteiger partial charge in [0.1, 0.15) is 11.5 Å². The number of rotatable bonds is 3. The van der Waals surface area contributed by atoms with E-state index in [9.17, 15) is 0 Å². The molecule has 5 nitrogen and oxygen atoms in total. The van der Waals surface area contributed by atoms with Crippen LogP contribution in [-0.2, 0) is 0 Å². The van der Waals surface area contributed by atoms with Crippen LogP contribution < -0.4 is 16.4 Å². The summed E-state index contributed by atoms with van der Waals surface area (Å²) >= 11 is 12.3. The molecule has 4 N–H and O–H groups in total. The summed E-state index contributed by atoms with van der Waals surface area (Å²) in [5, 5.41) is 0.900. The van der Waals surface area contributed by atoms with Crippen molar-refractivity contribution in [3.63, 3.8) is 0 Å². The molecule has 0 aliphatic carbocycles. The molecule has 0 spiro atoms. The smallest absolute Gasteiger partial charge is 0.152 e. The lowest BCUT2D eigenvalue weighted by Crippen LogP contribution is -2.24. The summed E-state index contributed by atoms with van der Waals surface area (Å²) in [7, 11) is 0. The standard InChI is InChI=1S/C15H17Cl2N5/c16-11-3-1-2-10(13(11)17)14-15(19)21-12(7-20-14)22-5-4-9(6-18)8-22/h1-3,7,9H,4-6,8,18H2,(H2,19,21). The molecule has 0 bridgehead atoms. The molecule has 0 saturated carbocycles. The van der Waals surface area contributed by atoms with Gasteiger partial charge in [-0.2, -0.15) is 0 Å². The lowest BCUT2D eigenvalue weighted by molar-refractivity contribution is 0.602. The fourth-order valence-electron chi connectivity index (χ4n) is 2.67. The summed E-state index contributed by atoms with van der Waals surface area (Å²) in [5.41, 5.74) is 13.0. The number of nitrogens with zero attached hydrogens (tertiary/aromatic N) is 3. The Morgan fingerprint density at radius 3 is 2.82 bits per heavy atom. The summed E-state index contributed by atoms with van der Waals surface area (Å²) < 4.78 is 0. The first kappa shape index (κ1) is 15.3. The first-order valence-corrected chi connectivity index (χ1v) is 7.87.